The number of Topliss-reactive ketones (excluding diaryl/α,β-unsaturated/α-hetero) is 2. The van der Waals surface area contributed by atoms with Crippen LogP contribution in [0.15, 0.2) is 49.1 Å². The van der Waals surface area contributed by atoms with Gasteiger partial charge in [0.25, 0.3) is 5.91 Å². The summed E-state index contributed by atoms with van der Waals surface area (Å²) in [6.45, 7) is 8.05. The van der Waals surface area contributed by atoms with Crippen molar-refractivity contribution in [2.45, 2.75) is 72.4 Å². The molecule has 3 unspecified atom stereocenters. The second kappa shape index (κ2) is 15.9. The zero-order valence-corrected chi connectivity index (χ0v) is 25.0. The molecule has 1 saturated heterocycles. The molecule has 1 N–H and O–H groups in total. The highest BCUT2D eigenvalue weighted by Crippen LogP contribution is 2.22. The summed E-state index contributed by atoms with van der Waals surface area (Å²) in [5.41, 5.74) is 1.71. The summed E-state index contributed by atoms with van der Waals surface area (Å²) in [5.74, 6) is -3.55. The molecule has 1 fully saturated rings. The topological polar surface area (TPSA) is 136 Å². The third-order valence-electron chi connectivity index (χ3n) is 7.68. The monoisotopic (exact) mass is 578 g/mol. The van der Waals surface area contributed by atoms with Crippen LogP contribution >= 0.6 is 0 Å². The first-order chi connectivity index (χ1) is 20.1. The van der Waals surface area contributed by atoms with Crippen LogP contribution in [0.3, 0.4) is 0 Å². The minimum atomic E-state index is -1.03. The number of hydrogen-bond acceptors (Lipinski definition) is 8. The molecule has 2 amide bonds. The molecule has 10 heteroatoms. The Balaban J connectivity index is 1.56. The van der Waals surface area contributed by atoms with Crippen molar-refractivity contribution in [1.82, 2.24) is 20.2 Å². The van der Waals surface area contributed by atoms with Gasteiger partial charge < -0.3 is 15.0 Å². The first kappa shape index (κ1) is 32.6. The van der Waals surface area contributed by atoms with Gasteiger partial charge in [0.05, 0.1) is 18.4 Å². The molecule has 1 aromatic carbocycles. The van der Waals surface area contributed by atoms with Gasteiger partial charge in [0, 0.05) is 37.8 Å². The normalized spacial score (nSPS) is 15.3. The van der Waals surface area contributed by atoms with Crippen LogP contribution in [0.25, 0.3) is 0 Å². The number of nitrogens with zero attached hydrogens (tertiary/aromatic N) is 3. The quantitative estimate of drug-likeness (QED) is 0.237. The first-order valence-corrected chi connectivity index (χ1v) is 14.7. The van der Waals surface area contributed by atoms with Gasteiger partial charge in [0.1, 0.15) is 18.7 Å². The molecule has 10 nitrogen and oxygen atoms in total. The largest absolute Gasteiger partial charge is 0.461 e. The van der Waals surface area contributed by atoms with Gasteiger partial charge in [-0.1, -0.05) is 64.4 Å². The van der Waals surface area contributed by atoms with Crippen LogP contribution in [-0.2, 0) is 41.7 Å². The number of rotatable bonds is 16. The standard InChI is InChI=1S/C32H42N4O6/c1-5-22(4)29(30(39)32(41)36-17-26(18-36)27(37)12-11-24-15-33-20-34-16-24)35-31(40)25(13-21(2)3)14-28(38)42-19-23-9-7-6-8-10-23/h6-10,15-16,20-22,25-26,29H,5,11-14,17-19H2,1-4H3,(H,35,40). The van der Waals surface area contributed by atoms with E-state index in [9.17, 15) is 24.0 Å². The smallest absolute Gasteiger partial charge is 0.306 e. The van der Waals surface area contributed by atoms with Crippen LogP contribution in [0.4, 0.5) is 0 Å². The maximum Gasteiger partial charge on any atom is 0.306 e. The summed E-state index contributed by atoms with van der Waals surface area (Å²) in [5, 5.41) is 2.79. The van der Waals surface area contributed by atoms with E-state index in [-0.39, 0.29) is 49.7 Å². The molecule has 0 aliphatic carbocycles. The summed E-state index contributed by atoms with van der Waals surface area (Å²) >= 11 is 0. The van der Waals surface area contributed by atoms with Crippen LogP contribution in [0, 0.1) is 23.7 Å². The Kier molecular flexibility index (Phi) is 12.3. The van der Waals surface area contributed by atoms with E-state index in [1.807, 2.05) is 51.1 Å². The average molecular weight is 579 g/mol. The molecule has 0 bridgehead atoms. The number of benzene rings is 1. The number of esters is 1. The lowest BCUT2D eigenvalue weighted by Gasteiger charge is -2.39. The molecule has 3 atom stereocenters. The van der Waals surface area contributed by atoms with Gasteiger partial charge in [-0.25, -0.2) is 9.97 Å². The van der Waals surface area contributed by atoms with E-state index in [2.05, 4.69) is 15.3 Å². The Hall–Kier alpha value is -3.95. The van der Waals surface area contributed by atoms with Crippen molar-refractivity contribution in [1.29, 1.82) is 0 Å². The number of hydrogen-bond donors (Lipinski definition) is 1. The van der Waals surface area contributed by atoms with Crippen molar-refractivity contribution in [3.8, 4) is 0 Å². The Bertz CT molecular complexity index is 1210. The Morgan fingerprint density at radius 1 is 1.00 bits per heavy atom. The number of carbonyl (C=O) groups excluding carboxylic acids is 5. The molecule has 1 aliphatic rings. The molecule has 1 aromatic heterocycles. The van der Waals surface area contributed by atoms with E-state index in [1.165, 1.54) is 11.2 Å². The second-order valence-corrected chi connectivity index (χ2v) is 11.5. The fourth-order valence-electron chi connectivity index (χ4n) is 4.89. The molecule has 1 aliphatic heterocycles. The second-order valence-electron chi connectivity index (χ2n) is 11.5. The highest BCUT2D eigenvalue weighted by atomic mass is 16.5. The fourth-order valence-corrected chi connectivity index (χ4v) is 4.89. The zero-order chi connectivity index (χ0) is 30.6. The Morgan fingerprint density at radius 2 is 1.67 bits per heavy atom. The van der Waals surface area contributed by atoms with Gasteiger partial charge >= 0.3 is 5.97 Å². The Labute approximate surface area is 247 Å². The molecule has 226 valence electrons. The summed E-state index contributed by atoms with van der Waals surface area (Å²) in [6, 6.07) is 8.25. The van der Waals surface area contributed by atoms with E-state index < -0.39 is 35.5 Å². The Morgan fingerprint density at radius 3 is 2.29 bits per heavy atom. The molecule has 3 rings (SSSR count). The summed E-state index contributed by atoms with van der Waals surface area (Å²) < 4.78 is 5.39. The maximum absolute atomic E-state index is 13.4. The lowest BCUT2D eigenvalue weighted by atomic mass is 9.88. The summed E-state index contributed by atoms with van der Waals surface area (Å²) in [6.07, 6.45) is 6.44. The lowest BCUT2D eigenvalue weighted by Crippen LogP contribution is -2.59. The third-order valence-corrected chi connectivity index (χ3v) is 7.68. The van der Waals surface area contributed by atoms with Gasteiger partial charge in [-0.3, -0.25) is 24.0 Å². The first-order valence-electron chi connectivity index (χ1n) is 14.7. The van der Waals surface area contributed by atoms with Crippen molar-refractivity contribution in [3.05, 3.63) is 60.2 Å². The fraction of sp³-hybridized carbons (Fsp3) is 0.531. The maximum atomic E-state index is 13.4. The predicted molar refractivity (Wildman–Crippen MR) is 156 cm³/mol. The van der Waals surface area contributed by atoms with Crippen LogP contribution in [0.1, 0.15) is 64.5 Å². The highest BCUT2D eigenvalue weighted by molar-refractivity contribution is 6.38. The van der Waals surface area contributed by atoms with Gasteiger partial charge in [-0.05, 0) is 35.8 Å². The molecular weight excluding hydrogens is 536 g/mol. The molecule has 0 spiro atoms. The van der Waals surface area contributed by atoms with Crippen LogP contribution in [0.5, 0.6) is 0 Å². The van der Waals surface area contributed by atoms with E-state index >= 15 is 0 Å². The van der Waals surface area contributed by atoms with Gasteiger partial charge in [0.15, 0.2) is 0 Å². The van der Waals surface area contributed by atoms with Crippen molar-refractivity contribution in [3.63, 3.8) is 0 Å². The van der Waals surface area contributed by atoms with Gasteiger partial charge in [-0.2, -0.15) is 0 Å². The summed E-state index contributed by atoms with van der Waals surface area (Å²) in [7, 11) is 0. The number of aryl methyl sites for hydroxylation is 1. The minimum absolute atomic E-state index is 0.0257. The van der Waals surface area contributed by atoms with E-state index in [4.69, 9.17) is 4.74 Å². The van der Waals surface area contributed by atoms with E-state index in [0.29, 0.717) is 25.7 Å². The minimum Gasteiger partial charge on any atom is -0.461 e. The van der Waals surface area contributed by atoms with Gasteiger partial charge in [0.2, 0.25) is 11.7 Å². The van der Waals surface area contributed by atoms with Gasteiger partial charge in [-0.15, -0.1) is 0 Å². The van der Waals surface area contributed by atoms with Crippen molar-refractivity contribution < 1.29 is 28.7 Å². The zero-order valence-electron chi connectivity index (χ0n) is 25.0. The number of nitrogens with one attached hydrogen (secondary N) is 1. The molecular formula is C32H42N4O6. The summed E-state index contributed by atoms with van der Waals surface area (Å²) in [4.78, 5) is 74.3. The van der Waals surface area contributed by atoms with Crippen LogP contribution in [0.2, 0.25) is 0 Å². The number of aromatic nitrogens is 2. The average Bonchev–Trinajstić information content (AvgIpc) is 2.96. The lowest BCUT2D eigenvalue weighted by molar-refractivity contribution is -0.153. The van der Waals surface area contributed by atoms with E-state index in [0.717, 1.165) is 11.1 Å². The number of carbonyl (C=O) groups is 5. The SMILES string of the molecule is CCC(C)C(NC(=O)C(CC(=O)OCc1ccccc1)CC(C)C)C(=O)C(=O)N1CC(C(=O)CCc2cncnc2)C1. The number of likely N-dealkylation sites (tertiary alicyclic amines) is 1. The number of amides is 2. The number of ether oxygens (including phenoxy) is 1. The highest BCUT2D eigenvalue weighted by Gasteiger charge is 2.41. The van der Waals surface area contributed by atoms with Crippen molar-refractivity contribution in [2.24, 2.45) is 23.7 Å². The molecule has 42 heavy (non-hydrogen) atoms. The van der Waals surface area contributed by atoms with Crippen LogP contribution in [-0.4, -0.2) is 63.3 Å². The van der Waals surface area contributed by atoms with Crippen molar-refractivity contribution >= 4 is 29.4 Å². The number of ketones is 2. The third kappa shape index (κ3) is 9.56. The van der Waals surface area contributed by atoms with E-state index in [1.54, 1.807) is 19.3 Å². The van der Waals surface area contributed by atoms with Crippen LogP contribution < -0.4 is 5.32 Å². The predicted octanol–water partition coefficient (Wildman–Crippen LogP) is 3.33. The van der Waals surface area contributed by atoms with Crippen molar-refractivity contribution in [2.75, 3.05) is 13.1 Å². The molecule has 0 saturated carbocycles. The molecule has 2 aromatic rings. The molecule has 0 radical (unpaired) electrons. The molecule has 2 heterocycles.